The summed E-state index contributed by atoms with van der Waals surface area (Å²) in [6.07, 6.45) is 1.30. The second kappa shape index (κ2) is 12.5. The molecule has 2 aromatic rings. The van der Waals surface area contributed by atoms with Gasteiger partial charge in [-0.3, -0.25) is 4.79 Å². The highest BCUT2D eigenvalue weighted by atomic mass is 16.7. The molecular formula is C48H64O11. The molecule has 4 saturated carbocycles. The van der Waals surface area contributed by atoms with Crippen LogP contribution in [0.25, 0.3) is 0 Å². The van der Waals surface area contributed by atoms with Gasteiger partial charge in [0.05, 0.1) is 24.4 Å². The number of ether oxygens (including phenoxy) is 5. The maximum absolute atomic E-state index is 12.5. The van der Waals surface area contributed by atoms with Crippen LogP contribution >= 0.6 is 0 Å². The molecule has 0 radical (unpaired) electrons. The van der Waals surface area contributed by atoms with E-state index in [1.54, 1.807) is 12.1 Å². The first kappa shape index (κ1) is 40.0. The molecule has 4 aliphatic carbocycles. The number of phenols is 2. The van der Waals surface area contributed by atoms with Crippen molar-refractivity contribution < 1.29 is 54.0 Å². The molecule has 0 amide bonds. The highest BCUT2D eigenvalue weighted by Gasteiger charge is 2.71. The molecule has 59 heavy (non-hydrogen) atoms. The second-order valence-corrected chi connectivity index (χ2v) is 21.9. The Morgan fingerprint density at radius 2 is 1.34 bits per heavy atom. The average molecular weight is 817 g/mol. The Bertz CT molecular complexity index is 2130. The quantitative estimate of drug-likeness (QED) is 0.179. The molecule has 11 heteroatoms. The Labute approximate surface area is 347 Å². The van der Waals surface area contributed by atoms with Crippen molar-refractivity contribution in [3.05, 3.63) is 45.5 Å². The number of benzene rings is 2. The highest BCUT2D eigenvalue weighted by Crippen LogP contribution is 2.71. The van der Waals surface area contributed by atoms with E-state index in [1.165, 1.54) is 6.92 Å². The third kappa shape index (κ3) is 4.91. The number of rotatable bonds is 1. The Kier molecular flexibility index (Phi) is 8.49. The molecule has 11 nitrogen and oxygen atoms in total. The predicted octanol–water partition coefficient (Wildman–Crippen LogP) is 7.79. The third-order valence-electron chi connectivity index (χ3n) is 18.6. The standard InChI is InChI=1S/C48H64O11/c1-22-10-12-32-43(4,5)34(53)14-15-45(32,8)47(22)18-27-29(50)16-25-21-55-42-36-26(37(54)40(57-42)35(25)38(27)58-47)17-30(51)28-19-48(59-39(28)36)23(2)11-13-33-44(6,7)41(56-24(3)49)31(52)20-46(33,48)9/h16-17,22-23,31-34,37,40-42,50-54H,10-15,18-21H2,1-9H3. The summed E-state index contributed by atoms with van der Waals surface area (Å²) >= 11 is 0. The summed E-state index contributed by atoms with van der Waals surface area (Å²) in [6.45, 7) is 18.9. The van der Waals surface area contributed by atoms with Gasteiger partial charge in [-0.15, -0.1) is 0 Å². The van der Waals surface area contributed by atoms with Crippen LogP contribution in [0.5, 0.6) is 23.0 Å². The zero-order chi connectivity index (χ0) is 42.1. The summed E-state index contributed by atoms with van der Waals surface area (Å²) in [4.78, 5) is 12.2. The van der Waals surface area contributed by atoms with Crippen molar-refractivity contribution >= 4 is 5.97 Å². The van der Waals surface area contributed by atoms with Gasteiger partial charge in [-0.2, -0.15) is 0 Å². The largest absolute Gasteiger partial charge is 0.508 e. The van der Waals surface area contributed by atoms with Gasteiger partial charge in [0.25, 0.3) is 0 Å². The molecule has 322 valence electrons. The van der Waals surface area contributed by atoms with E-state index in [1.807, 2.05) is 0 Å². The number of phenolic OH excluding ortho intramolecular Hbond substituents is 2. The fraction of sp³-hybridized carbons (Fsp3) is 0.729. The molecule has 5 N–H and O–H groups in total. The van der Waals surface area contributed by atoms with Gasteiger partial charge in [0.15, 0.2) is 6.29 Å². The first-order valence-corrected chi connectivity index (χ1v) is 22.3. The topological polar surface area (TPSA) is 164 Å². The Morgan fingerprint density at radius 1 is 0.763 bits per heavy atom. The minimum absolute atomic E-state index is 0.0216. The van der Waals surface area contributed by atoms with Crippen LogP contribution in [-0.4, -0.2) is 61.0 Å². The summed E-state index contributed by atoms with van der Waals surface area (Å²) in [5, 5.41) is 59.2. The van der Waals surface area contributed by atoms with Gasteiger partial charge in [0, 0.05) is 52.7 Å². The fourth-order valence-corrected chi connectivity index (χ4v) is 15.5. The lowest BCUT2D eigenvalue weighted by Crippen LogP contribution is -2.69. The first-order valence-electron chi connectivity index (χ1n) is 22.3. The highest BCUT2D eigenvalue weighted by molar-refractivity contribution is 5.66. The van der Waals surface area contributed by atoms with Gasteiger partial charge in [0.1, 0.15) is 52.5 Å². The van der Waals surface area contributed by atoms with Crippen LogP contribution in [-0.2, 0) is 38.5 Å². The number of fused-ring (bicyclic) bond motifs is 14. The van der Waals surface area contributed by atoms with E-state index in [0.29, 0.717) is 70.6 Å². The molecule has 14 unspecified atom stereocenters. The molecule has 2 bridgehead atoms. The van der Waals surface area contributed by atoms with E-state index in [4.69, 9.17) is 23.7 Å². The molecule has 8 aliphatic rings. The first-order chi connectivity index (χ1) is 27.6. The van der Waals surface area contributed by atoms with Crippen LogP contribution in [0.2, 0.25) is 0 Å². The number of carbonyl (C=O) groups is 1. The normalized spacial score (nSPS) is 44.5. The van der Waals surface area contributed by atoms with Crippen molar-refractivity contribution in [2.24, 2.45) is 45.3 Å². The van der Waals surface area contributed by atoms with E-state index in [-0.39, 0.29) is 52.6 Å². The van der Waals surface area contributed by atoms with E-state index in [9.17, 15) is 30.3 Å². The van der Waals surface area contributed by atoms with Crippen LogP contribution < -0.4 is 9.47 Å². The van der Waals surface area contributed by atoms with Gasteiger partial charge < -0.3 is 49.2 Å². The molecule has 0 aromatic heterocycles. The van der Waals surface area contributed by atoms with E-state index in [2.05, 4.69) is 55.4 Å². The monoisotopic (exact) mass is 816 g/mol. The van der Waals surface area contributed by atoms with Gasteiger partial charge >= 0.3 is 5.97 Å². The van der Waals surface area contributed by atoms with Gasteiger partial charge in [-0.1, -0.05) is 55.4 Å². The van der Waals surface area contributed by atoms with Gasteiger partial charge in [0.2, 0.25) is 0 Å². The van der Waals surface area contributed by atoms with Crippen molar-refractivity contribution in [1.82, 2.24) is 0 Å². The Balaban J connectivity index is 1.04. The summed E-state index contributed by atoms with van der Waals surface area (Å²) in [5.41, 5.74) is 0.491. The zero-order valence-corrected chi connectivity index (χ0v) is 36.2. The number of hydrogen-bond acceptors (Lipinski definition) is 11. The summed E-state index contributed by atoms with van der Waals surface area (Å²) in [7, 11) is 0. The third-order valence-corrected chi connectivity index (χ3v) is 18.6. The van der Waals surface area contributed by atoms with Crippen LogP contribution in [0.4, 0.5) is 0 Å². The number of esters is 1. The molecule has 2 aromatic carbocycles. The van der Waals surface area contributed by atoms with Crippen molar-refractivity contribution in [2.75, 3.05) is 0 Å². The lowest BCUT2D eigenvalue weighted by molar-refractivity contribution is -0.247. The molecule has 10 rings (SSSR count). The number of aliphatic hydroxyl groups is 3. The molecular weight excluding hydrogens is 753 g/mol. The van der Waals surface area contributed by atoms with Crippen LogP contribution in [0.3, 0.4) is 0 Å². The van der Waals surface area contributed by atoms with Gasteiger partial charge in [-0.25, -0.2) is 0 Å². The summed E-state index contributed by atoms with van der Waals surface area (Å²) < 4.78 is 34.0. The number of aliphatic hydroxyl groups excluding tert-OH is 3. The maximum Gasteiger partial charge on any atom is 0.303 e. The summed E-state index contributed by atoms with van der Waals surface area (Å²) in [6, 6.07) is 3.40. The minimum atomic E-state index is -1.23. The lowest BCUT2D eigenvalue weighted by atomic mass is 9.43. The van der Waals surface area contributed by atoms with Crippen molar-refractivity contribution in [1.29, 1.82) is 0 Å². The van der Waals surface area contributed by atoms with E-state index in [0.717, 1.165) is 32.1 Å². The molecule has 4 fully saturated rings. The van der Waals surface area contributed by atoms with E-state index < -0.39 is 64.8 Å². The van der Waals surface area contributed by atoms with Gasteiger partial charge in [-0.05, 0) is 97.3 Å². The fourth-order valence-electron chi connectivity index (χ4n) is 15.5. The second-order valence-electron chi connectivity index (χ2n) is 21.9. The lowest BCUT2D eigenvalue weighted by Gasteiger charge is -2.65. The van der Waals surface area contributed by atoms with Crippen molar-refractivity contribution in [3.63, 3.8) is 0 Å². The van der Waals surface area contributed by atoms with Crippen LogP contribution in [0.1, 0.15) is 159 Å². The number of hydrogen-bond donors (Lipinski definition) is 5. The SMILES string of the molecule is CC(=O)OC1C(O)CC2(C)C(CCC(C)C23Cc2c(O)cc4c(c2O3)C2OCc3cc(O)c5c(c3C(O2)C4O)OC2(C5)C(C)CCC3C(C)(C)C(O)CCC32C)C1(C)C. The molecule has 4 heterocycles. The molecule has 14 atom stereocenters. The zero-order valence-electron chi connectivity index (χ0n) is 36.2. The van der Waals surface area contributed by atoms with Crippen molar-refractivity contribution in [2.45, 2.75) is 175 Å². The molecule has 4 aliphatic heterocycles. The number of carbonyl (C=O) groups excluding carboxylic acids is 1. The summed E-state index contributed by atoms with van der Waals surface area (Å²) in [5.74, 6) is 1.20. The molecule has 2 spiro atoms. The Hall–Kier alpha value is -3.09. The van der Waals surface area contributed by atoms with E-state index >= 15 is 0 Å². The smallest absolute Gasteiger partial charge is 0.303 e. The number of aromatic hydroxyl groups is 2. The molecule has 0 saturated heterocycles. The predicted molar refractivity (Wildman–Crippen MR) is 216 cm³/mol. The van der Waals surface area contributed by atoms with Crippen LogP contribution in [0, 0.1) is 45.3 Å². The average Bonchev–Trinajstić information content (AvgIpc) is 3.73. The van der Waals surface area contributed by atoms with Crippen LogP contribution in [0.15, 0.2) is 12.1 Å². The van der Waals surface area contributed by atoms with Crippen molar-refractivity contribution in [3.8, 4) is 23.0 Å². The maximum atomic E-state index is 12.5. The Morgan fingerprint density at radius 3 is 1.97 bits per heavy atom. The minimum Gasteiger partial charge on any atom is -0.508 e.